The van der Waals surface area contributed by atoms with Gasteiger partial charge in [0.05, 0.1) is 12.4 Å². The highest BCUT2D eigenvalue weighted by molar-refractivity contribution is 5.79. The molecule has 1 saturated heterocycles. The van der Waals surface area contributed by atoms with Crippen molar-refractivity contribution in [2.24, 2.45) is 10.9 Å². The summed E-state index contributed by atoms with van der Waals surface area (Å²) in [5, 5.41) is 6.88. The molecule has 2 atom stereocenters. The van der Waals surface area contributed by atoms with Crippen molar-refractivity contribution in [3.8, 4) is 0 Å². The molecule has 0 amide bonds. The summed E-state index contributed by atoms with van der Waals surface area (Å²) in [5.41, 5.74) is 2.56. The minimum absolute atomic E-state index is 0.159. The van der Waals surface area contributed by atoms with Crippen LogP contribution in [-0.2, 0) is 11.3 Å². The number of ether oxygens (including phenoxy) is 1. The largest absolute Gasteiger partial charge is 0.373 e. The van der Waals surface area contributed by atoms with E-state index in [9.17, 15) is 0 Å². The Bertz CT molecular complexity index is 696. The first-order chi connectivity index (χ1) is 13.3. The summed E-state index contributed by atoms with van der Waals surface area (Å²) in [4.78, 5) is 8.42. The Balaban J connectivity index is 1.46. The third-order valence-electron chi connectivity index (χ3n) is 5.05. The molecule has 6 heteroatoms. The number of aliphatic imine (C=N–C) groups is 1. The summed E-state index contributed by atoms with van der Waals surface area (Å²) in [6.45, 7) is 5.65. The molecular weight excluding hydrogens is 338 g/mol. The highest BCUT2D eigenvalue weighted by atomic mass is 16.5. The number of rotatable bonds is 7. The normalized spacial score (nSPS) is 20.4. The Labute approximate surface area is 162 Å². The monoisotopic (exact) mass is 369 g/mol. The number of guanidine groups is 1. The third-order valence-corrected chi connectivity index (χ3v) is 5.05. The van der Waals surface area contributed by atoms with Gasteiger partial charge in [-0.3, -0.25) is 4.99 Å². The van der Waals surface area contributed by atoms with Gasteiger partial charge >= 0.3 is 0 Å². The maximum Gasteiger partial charge on any atom is 0.190 e. The van der Waals surface area contributed by atoms with E-state index in [1.807, 2.05) is 25.8 Å². The van der Waals surface area contributed by atoms with Crippen molar-refractivity contribution in [1.82, 2.24) is 20.2 Å². The van der Waals surface area contributed by atoms with Crippen molar-refractivity contribution in [1.29, 1.82) is 0 Å². The van der Waals surface area contributed by atoms with Gasteiger partial charge in [0.1, 0.15) is 0 Å². The van der Waals surface area contributed by atoms with Crippen molar-refractivity contribution in [3.05, 3.63) is 54.1 Å². The smallest absolute Gasteiger partial charge is 0.190 e. The summed E-state index contributed by atoms with van der Waals surface area (Å²) in [5.74, 6) is 1.31. The second kappa shape index (κ2) is 10.1. The van der Waals surface area contributed by atoms with Gasteiger partial charge in [0.25, 0.3) is 0 Å². The quantitative estimate of drug-likeness (QED) is 0.447. The molecule has 1 aromatic heterocycles. The van der Waals surface area contributed by atoms with Crippen LogP contribution in [0.1, 0.15) is 36.5 Å². The number of hydrogen-bond donors (Lipinski definition) is 2. The van der Waals surface area contributed by atoms with Crippen LogP contribution in [0.4, 0.5) is 0 Å². The fraction of sp³-hybridized carbons (Fsp3) is 0.524. The van der Waals surface area contributed by atoms with E-state index < -0.39 is 0 Å². The van der Waals surface area contributed by atoms with E-state index in [0.29, 0.717) is 5.92 Å². The lowest BCUT2D eigenvalue weighted by Gasteiger charge is -2.32. The van der Waals surface area contributed by atoms with E-state index in [0.717, 1.165) is 45.0 Å². The molecule has 2 N–H and O–H groups in total. The van der Waals surface area contributed by atoms with Crippen LogP contribution in [0, 0.1) is 12.8 Å². The molecule has 0 spiro atoms. The molecule has 27 heavy (non-hydrogen) atoms. The number of hydrogen-bond acceptors (Lipinski definition) is 3. The molecule has 6 nitrogen and oxygen atoms in total. The highest BCUT2D eigenvalue weighted by Crippen LogP contribution is 2.33. The molecule has 1 fully saturated rings. The van der Waals surface area contributed by atoms with E-state index in [1.54, 1.807) is 0 Å². The van der Waals surface area contributed by atoms with E-state index >= 15 is 0 Å². The first kappa shape index (κ1) is 19.4. The van der Waals surface area contributed by atoms with Crippen LogP contribution in [0.25, 0.3) is 0 Å². The van der Waals surface area contributed by atoms with Gasteiger partial charge in [-0.25, -0.2) is 4.98 Å². The van der Waals surface area contributed by atoms with Gasteiger partial charge in [-0.2, -0.15) is 0 Å². The molecule has 146 valence electrons. The second-order valence-electron chi connectivity index (χ2n) is 7.14. The predicted molar refractivity (Wildman–Crippen MR) is 109 cm³/mol. The van der Waals surface area contributed by atoms with Crippen molar-refractivity contribution < 1.29 is 4.74 Å². The Morgan fingerprint density at radius 3 is 2.89 bits per heavy atom. The average molecular weight is 370 g/mol. The first-order valence-corrected chi connectivity index (χ1v) is 9.84. The van der Waals surface area contributed by atoms with Crippen LogP contribution in [-0.4, -0.2) is 42.3 Å². The number of aromatic nitrogens is 2. The molecule has 0 aliphatic carbocycles. The Morgan fingerprint density at radius 2 is 2.15 bits per heavy atom. The summed E-state index contributed by atoms with van der Waals surface area (Å²) >= 11 is 0. The van der Waals surface area contributed by atoms with Gasteiger partial charge < -0.3 is 19.9 Å². The van der Waals surface area contributed by atoms with Crippen LogP contribution in [0.3, 0.4) is 0 Å². The fourth-order valence-electron chi connectivity index (χ4n) is 3.51. The fourth-order valence-corrected chi connectivity index (χ4v) is 3.51. The van der Waals surface area contributed by atoms with Gasteiger partial charge in [-0.15, -0.1) is 0 Å². The van der Waals surface area contributed by atoms with Gasteiger partial charge in [-0.1, -0.05) is 29.8 Å². The average Bonchev–Trinajstić information content (AvgIpc) is 3.22. The zero-order valence-corrected chi connectivity index (χ0v) is 16.4. The predicted octanol–water partition coefficient (Wildman–Crippen LogP) is 2.91. The zero-order valence-electron chi connectivity index (χ0n) is 16.4. The molecule has 3 rings (SSSR count). The topological polar surface area (TPSA) is 63.5 Å². The van der Waals surface area contributed by atoms with Crippen LogP contribution in [0.2, 0.25) is 0 Å². The number of benzene rings is 1. The van der Waals surface area contributed by atoms with E-state index in [2.05, 4.69) is 56.4 Å². The highest BCUT2D eigenvalue weighted by Gasteiger charge is 2.27. The summed E-state index contributed by atoms with van der Waals surface area (Å²) in [6.07, 6.45) is 9.11. The SMILES string of the molecule is CN=C(NCCCn1ccnc1)NCC1CCCOC1c1ccc(C)cc1. The molecule has 2 heterocycles. The lowest BCUT2D eigenvalue weighted by atomic mass is 9.89. The van der Waals surface area contributed by atoms with Gasteiger partial charge in [0.2, 0.25) is 0 Å². The number of aryl methyl sites for hydroxylation is 2. The minimum Gasteiger partial charge on any atom is -0.373 e. The summed E-state index contributed by atoms with van der Waals surface area (Å²) in [7, 11) is 1.82. The van der Waals surface area contributed by atoms with Crippen molar-refractivity contribution in [2.45, 2.75) is 38.8 Å². The molecule has 1 aliphatic rings. The van der Waals surface area contributed by atoms with Crippen molar-refractivity contribution >= 4 is 5.96 Å². The van der Waals surface area contributed by atoms with E-state index in [-0.39, 0.29) is 6.10 Å². The Morgan fingerprint density at radius 1 is 1.30 bits per heavy atom. The maximum atomic E-state index is 6.11. The number of nitrogens with one attached hydrogen (secondary N) is 2. The molecular formula is C21H31N5O. The van der Waals surface area contributed by atoms with E-state index in [1.165, 1.54) is 17.5 Å². The molecule has 2 aromatic rings. The summed E-state index contributed by atoms with van der Waals surface area (Å²) in [6, 6.07) is 8.72. The summed E-state index contributed by atoms with van der Waals surface area (Å²) < 4.78 is 8.20. The Hall–Kier alpha value is -2.34. The molecule has 1 aromatic carbocycles. The lowest BCUT2D eigenvalue weighted by molar-refractivity contribution is -0.0265. The van der Waals surface area contributed by atoms with Crippen molar-refractivity contribution in [2.75, 3.05) is 26.7 Å². The van der Waals surface area contributed by atoms with Crippen molar-refractivity contribution in [3.63, 3.8) is 0 Å². The number of imidazole rings is 1. The molecule has 2 unspecified atom stereocenters. The van der Waals surface area contributed by atoms with Crippen LogP contribution < -0.4 is 10.6 Å². The third kappa shape index (κ3) is 5.82. The molecule has 0 saturated carbocycles. The number of nitrogens with zero attached hydrogens (tertiary/aromatic N) is 3. The van der Waals surface area contributed by atoms with Gasteiger partial charge in [0.15, 0.2) is 5.96 Å². The molecule has 1 aliphatic heterocycles. The van der Waals surface area contributed by atoms with Gasteiger partial charge in [-0.05, 0) is 31.7 Å². The Kier molecular flexibility index (Phi) is 7.27. The second-order valence-corrected chi connectivity index (χ2v) is 7.14. The standard InChI is InChI=1S/C21H31N5O/c1-17-6-8-18(9-7-17)20-19(5-3-14-27-20)15-25-21(22-2)24-10-4-12-26-13-11-23-16-26/h6-9,11,13,16,19-20H,3-5,10,12,14-15H2,1-2H3,(H2,22,24,25). The minimum atomic E-state index is 0.159. The maximum absolute atomic E-state index is 6.11. The first-order valence-electron chi connectivity index (χ1n) is 9.84. The van der Waals surface area contributed by atoms with Gasteiger partial charge in [0, 0.05) is 51.6 Å². The molecule has 0 radical (unpaired) electrons. The van der Waals surface area contributed by atoms with Crippen LogP contribution in [0.5, 0.6) is 0 Å². The van der Waals surface area contributed by atoms with E-state index in [4.69, 9.17) is 4.74 Å². The lowest BCUT2D eigenvalue weighted by Crippen LogP contribution is -2.42. The molecule has 0 bridgehead atoms. The van der Waals surface area contributed by atoms with Crippen LogP contribution >= 0.6 is 0 Å². The van der Waals surface area contributed by atoms with Crippen LogP contribution in [0.15, 0.2) is 48.0 Å². The zero-order chi connectivity index (χ0) is 18.9.